The average molecular weight is 554 g/mol. The maximum atomic E-state index is 14.6. The lowest BCUT2D eigenvalue weighted by Crippen LogP contribution is -2.41. The van der Waals surface area contributed by atoms with Crippen molar-refractivity contribution in [3.8, 4) is 11.5 Å². The van der Waals surface area contributed by atoms with Crippen LogP contribution >= 0.6 is 0 Å². The normalized spacial score (nSPS) is 17.9. The summed E-state index contributed by atoms with van der Waals surface area (Å²) >= 11 is 0. The molecule has 5 rings (SSSR count). The summed E-state index contributed by atoms with van der Waals surface area (Å²) < 4.78 is 61.1. The van der Waals surface area contributed by atoms with E-state index in [0.717, 1.165) is 5.56 Å². The van der Waals surface area contributed by atoms with Gasteiger partial charge in [-0.25, -0.2) is 9.59 Å². The van der Waals surface area contributed by atoms with Crippen molar-refractivity contribution in [3.63, 3.8) is 0 Å². The van der Waals surface area contributed by atoms with Crippen LogP contribution in [0.5, 0.6) is 11.5 Å². The molecular formula is C31H30F3NO5. The molecular weight excluding hydrogens is 523 g/mol. The zero-order valence-corrected chi connectivity index (χ0v) is 22.7. The van der Waals surface area contributed by atoms with E-state index in [4.69, 9.17) is 14.2 Å². The van der Waals surface area contributed by atoms with Crippen LogP contribution in [0.3, 0.4) is 0 Å². The minimum Gasteiger partial charge on any atom is -0.488 e. The predicted molar refractivity (Wildman–Crippen MR) is 141 cm³/mol. The van der Waals surface area contributed by atoms with Crippen LogP contribution in [0.15, 0.2) is 60.7 Å². The molecule has 3 aromatic carbocycles. The fourth-order valence-corrected chi connectivity index (χ4v) is 5.59. The third-order valence-corrected chi connectivity index (χ3v) is 7.14. The second-order valence-corrected chi connectivity index (χ2v) is 11.0. The molecule has 40 heavy (non-hydrogen) atoms. The number of hydrogen-bond acceptors (Lipinski definition) is 5. The number of nitrogens with zero attached hydrogens (tertiary/aromatic N) is 1. The SMILES string of the molecule is Cc1c(C(=O)Oc2ccccc2)c(OCc2ccccc2)c2c(c1C(F)(F)F)[C@H]1CCN(C(=O)OC(C)(C)C)[C@@H]21. The molecule has 210 valence electrons. The van der Waals surface area contributed by atoms with Crippen LogP contribution in [-0.2, 0) is 17.5 Å². The highest BCUT2D eigenvalue weighted by molar-refractivity contribution is 5.98. The summed E-state index contributed by atoms with van der Waals surface area (Å²) in [5.41, 5.74) is -1.21. The highest BCUT2D eigenvalue weighted by Crippen LogP contribution is 2.62. The van der Waals surface area contributed by atoms with Crippen LogP contribution in [0.4, 0.5) is 18.0 Å². The number of esters is 1. The number of hydrogen-bond donors (Lipinski definition) is 0. The van der Waals surface area contributed by atoms with Crippen molar-refractivity contribution >= 4 is 12.1 Å². The Kier molecular flexibility index (Phi) is 7.02. The molecule has 0 bridgehead atoms. The highest BCUT2D eigenvalue weighted by atomic mass is 19.4. The van der Waals surface area contributed by atoms with E-state index in [2.05, 4.69) is 0 Å². The molecule has 1 amide bonds. The first-order valence-corrected chi connectivity index (χ1v) is 13.1. The van der Waals surface area contributed by atoms with Crippen LogP contribution < -0.4 is 9.47 Å². The van der Waals surface area contributed by atoms with Gasteiger partial charge < -0.3 is 19.1 Å². The Labute approximate surface area is 230 Å². The molecule has 2 aliphatic rings. The lowest BCUT2D eigenvalue weighted by atomic mass is 9.68. The molecule has 0 N–H and O–H groups in total. The fraction of sp³-hybridized carbons (Fsp3) is 0.355. The van der Waals surface area contributed by atoms with Crippen LogP contribution in [0.1, 0.15) is 77.3 Å². The van der Waals surface area contributed by atoms with E-state index in [0.29, 0.717) is 6.42 Å². The second kappa shape index (κ2) is 10.2. The summed E-state index contributed by atoms with van der Waals surface area (Å²) in [7, 11) is 0. The van der Waals surface area contributed by atoms with Crippen LogP contribution in [0.25, 0.3) is 0 Å². The van der Waals surface area contributed by atoms with Gasteiger partial charge in [0.1, 0.15) is 29.3 Å². The number of ether oxygens (including phenoxy) is 3. The van der Waals surface area contributed by atoms with E-state index in [1.165, 1.54) is 11.8 Å². The van der Waals surface area contributed by atoms with Gasteiger partial charge in [-0.15, -0.1) is 0 Å². The number of para-hydroxylation sites is 1. The number of likely N-dealkylation sites (tertiary alicyclic amines) is 1. The Bertz CT molecular complexity index is 1430. The largest absolute Gasteiger partial charge is 0.488 e. The van der Waals surface area contributed by atoms with E-state index in [1.54, 1.807) is 51.1 Å². The lowest BCUT2D eigenvalue weighted by Gasteiger charge is -2.43. The minimum atomic E-state index is -4.74. The van der Waals surface area contributed by atoms with Crippen molar-refractivity contribution in [2.45, 2.75) is 64.5 Å². The zero-order chi connectivity index (χ0) is 28.8. The van der Waals surface area contributed by atoms with Crippen molar-refractivity contribution in [1.29, 1.82) is 0 Å². The summed E-state index contributed by atoms with van der Waals surface area (Å²) in [5, 5.41) is 0. The minimum absolute atomic E-state index is 0.00185. The molecule has 0 unspecified atom stereocenters. The molecule has 1 aliphatic heterocycles. The number of fused-ring (bicyclic) bond motifs is 4. The molecule has 0 aromatic heterocycles. The Balaban J connectivity index is 1.66. The van der Waals surface area contributed by atoms with E-state index in [1.807, 2.05) is 30.3 Å². The summed E-state index contributed by atoms with van der Waals surface area (Å²) in [5.74, 6) is -1.34. The number of halogens is 3. The third kappa shape index (κ3) is 5.12. The van der Waals surface area contributed by atoms with Gasteiger partial charge in [0.25, 0.3) is 0 Å². The maximum absolute atomic E-state index is 14.6. The van der Waals surface area contributed by atoms with Gasteiger partial charge in [-0.1, -0.05) is 48.5 Å². The van der Waals surface area contributed by atoms with Gasteiger partial charge in [0.2, 0.25) is 0 Å². The van der Waals surface area contributed by atoms with Crippen molar-refractivity contribution in [3.05, 3.63) is 94.0 Å². The fourth-order valence-electron chi connectivity index (χ4n) is 5.59. The number of carbonyl (C=O) groups excluding carboxylic acids is 2. The lowest BCUT2D eigenvalue weighted by molar-refractivity contribution is -0.139. The smallest absolute Gasteiger partial charge is 0.416 e. The number of alkyl halides is 3. The quantitative estimate of drug-likeness (QED) is 0.241. The topological polar surface area (TPSA) is 65.1 Å². The number of amides is 1. The van der Waals surface area contributed by atoms with Gasteiger partial charge in [0.05, 0.1) is 11.6 Å². The maximum Gasteiger partial charge on any atom is 0.416 e. The molecule has 0 spiro atoms. The van der Waals surface area contributed by atoms with Gasteiger partial charge >= 0.3 is 18.2 Å². The Hall–Kier alpha value is -4.01. The standard InChI is InChI=1S/C31H30F3NO5/c1-18-22(28(36)39-20-13-9-6-10-14-20)27(38-17-19-11-7-5-8-12-19)24-23(25(18)31(32,33)34)21-15-16-35(26(21)24)29(37)40-30(2,3)4/h5-14,21,26H,15-17H2,1-4H3/t21-,26-/m1/s1. The van der Waals surface area contributed by atoms with Crippen LogP contribution in [0.2, 0.25) is 0 Å². The molecule has 0 radical (unpaired) electrons. The van der Waals surface area contributed by atoms with Gasteiger partial charge in [-0.05, 0) is 62.9 Å². The zero-order valence-electron chi connectivity index (χ0n) is 22.7. The number of rotatable bonds is 5. The molecule has 1 fully saturated rings. The molecule has 6 nitrogen and oxygen atoms in total. The third-order valence-electron chi connectivity index (χ3n) is 7.14. The average Bonchev–Trinajstić information content (AvgIpc) is 3.24. The monoisotopic (exact) mass is 553 g/mol. The van der Waals surface area contributed by atoms with Gasteiger partial charge in [-0.2, -0.15) is 13.2 Å². The van der Waals surface area contributed by atoms with Crippen LogP contribution in [0, 0.1) is 6.92 Å². The number of carbonyl (C=O) groups is 2. The Morgan fingerprint density at radius 3 is 2.17 bits per heavy atom. The van der Waals surface area contributed by atoms with E-state index < -0.39 is 41.4 Å². The van der Waals surface area contributed by atoms with Gasteiger partial charge in [0.15, 0.2) is 0 Å². The molecule has 1 aliphatic carbocycles. The molecule has 9 heteroatoms. The van der Waals surface area contributed by atoms with E-state index in [9.17, 15) is 22.8 Å². The highest BCUT2D eigenvalue weighted by Gasteiger charge is 2.56. The second-order valence-electron chi connectivity index (χ2n) is 11.0. The molecule has 1 saturated heterocycles. The number of benzene rings is 3. The van der Waals surface area contributed by atoms with Crippen molar-refractivity contribution in [2.75, 3.05) is 6.54 Å². The van der Waals surface area contributed by atoms with Gasteiger partial charge in [-0.3, -0.25) is 0 Å². The first-order valence-electron chi connectivity index (χ1n) is 13.1. The Morgan fingerprint density at radius 1 is 0.950 bits per heavy atom. The first kappa shape index (κ1) is 27.6. The Morgan fingerprint density at radius 2 is 1.57 bits per heavy atom. The van der Waals surface area contributed by atoms with E-state index in [-0.39, 0.29) is 46.9 Å². The van der Waals surface area contributed by atoms with E-state index >= 15 is 0 Å². The summed E-state index contributed by atoms with van der Waals surface area (Å²) in [6.07, 6.45) is -5.02. The van der Waals surface area contributed by atoms with Crippen LogP contribution in [-0.4, -0.2) is 29.1 Å². The molecule has 3 aromatic rings. The molecule has 2 atom stereocenters. The first-order chi connectivity index (χ1) is 18.9. The molecule has 0 saturated carbocycles. The summed E-state index contributed by atoms with van der Waals surface area (Å²) in [4.78, 5) is 28.1. The predicted octanol–water partition coefficient (Wildman–Crippen LogP) is 7.59. The van der Waals surface area contributed by atoms with Crippen molar-refractivity contribution in [2.24, 2.45) is 0 Å². The summed E-state index contributed by atoms with van der Waals surface area (Å²) in [6.45, 7) is 6.68. The van der Waals surface area contributed by atoms with Crippen molar-refractivity contribution in [1.82, 2.24) is 4.90 Å². The summed E-state index contributed by atoms with van der Waals surface area (Å²) in [6, 6.07) is 16.5. The van der Waals surface area contributed by atoms with Crippen molar-refractivity contribution < 1.29 is 37.0 Å². The van der Waals surface area contributed by atoms with Gasteiger partial charge in [0, 0.05) is 18.0 Å². The molecule has 1 heterocycles.